The molecule has 1 saturated heterocycles. The minimum Gasteiger partial charge on any atom is -0.379 e. The van der Waals surface area contributed by atoms with Gasteiger partial charge in [-0.05, 0) is 32.4 Å². The van der Waals surface area contributed by atoms with Crippen LogP contribution in [0.25, 0.3) is 0 Å². The fourth-order valence-electron chi connectivity index (χ4n) is 2.23. The third kappa shape index (κ3) is 8.97. The molecule has 1 rings (SSSR count). The van der Waals surface area contributed by atoms with E-state index in [1.165, 1.54) is 0 Å². The largest absolute Gasteiger partial charge is 0.379 e. The van der Waals surface area contributed by atoms with Gasteiger partial charge in [-0.15, -0.1) is 0 Å². The minimum absolute atomic E-state index is 0.190. The third-order valence-electron chi connectivity index (χ3n) is 3.43. The molecule has 5 heteroatoms. The minimum atomic E-state index is 0.190. The lowest BCUT2D eigenvalue weighted by molar-refractivity contribution is -0.121. The molecule has 0 aromatic rings. The second-order valence-corrected chi connectivity index (χ2v) is 5.11. The number of hydrogen-bond donors (Lipinski definition) is 2. The van der Waals surface area contributed by atoms with E-state index in [9.17, 15) is 4.79 Å². The number of carbonyl (C=O) groups is 1. The molecule has 112 valence electrons. The van der Waals surface area contributed by atoms with Gasteiger partial charge in [-0.1, -0.05) is 12.8 Å². The number of carbonyl (C=O) groups excluding carboxylic acids is 1. The molecule has 0 spiro atoms. The predicted molar refractivity (Wildman–Crippen MR) is 77.0 cm³/mol. The molecule has 1 fully saturated rings. The first-order valence-corrected chi connectivity index (χ1v) is 7.60. The number of morpholine rings is 1. The summed E-state index contributed by atoms with van der Waals surface area (Å²) in [5.41, 5.74) is 5.42. The first kappa shape index (κ1) is 16.4. The smallest absolute Gasteiger partial charge is 0.219 e. The Bertz CT molecular complexity index is 231. The van der Waals surface area contributed by atoms with Crippen molar-refractivity contribution in [2.75, 3.05) is 45.9 Å². The quantitative estimate of drug-likeness (QED) is 0.575. The van der Waals surface area contributed by atoms with E-state index in [1.54, 1.807) is 0 Å². The highest BCUT2D eigenvalue weighted by atomic mass is 16.5. The molecule has 1 aliphatic heterocycles. The second kappa shape index (κ2) is 11.2. The van der Waals surface area contributed by atoms with Gasteiger partial charge in [-0.2, -0.15) is 0 Å². The molecule has 0 unspecified atom stereocenters. The Hall–Kier alpha value is -0.650. The van der Waals surface area contributed by atoms with E-state index in [0.29, 0.717) is 6.42 Å². The van der Waals surface area contributed by atoms with Crippen molar-refractivity contribution in [3.63, 3.8) is 0 Å². The maximum Gasteiger partial charge on any atom is 0.219 e. The number of nitrogens with one attached hydrogen (secondary N) is 1. The van der Waals surface area contributed by atoms with Gasteiger partial charge in [-0.3, -0.25) is 9.69 Å². The van der Waals surface area contributed by atoms with Crippen molar-refractivity contribution in [3.05, 3.63) is 0 Å². The van der Waals surface area contributed by atoms with E-state index in [0.717, 1.165) is 78.0 Å². The van der Waals surface area contributed by atoms with Crippen LogP contribution in [0.4, 0.5) is 0 Å². The summed E-state index contributed by atoms with van der Waals surface area (Å²) in [6.45, 7) is 6.33. The highest BCUT2D eigenvalue weighted by Gasteiger charge is 2.09. The van der Waals surface area contributed by atoms with Crippen LogP contribution in [0.5, 0.6) is 0 Å². The number of amides is 1. The lowest BCUT2D eigenvalue weighted by atomic mass is 10.1. The Kier molecular flexibility index (Phi) is 9.67. The van der Waals surface area contributed by atoms with E-state index in [2.05, 4.69) is 10.2 Å². The molecule has 1 aliphatic rings. The molecule has 0 aromatic carbocycles. The predicted octanol–water partition coefficient (Wildman–Crippen LogP) is 0.734. The van der Waals surface area contributed by atoms with Gasteiger partial charge in [0.2, 0.25) is 5.91 Å². The van der Waals surface area contributed by atoms with Crippen LogP contribution in [0.2, 0.25) is 0 Å². The van der Waals surface area contributed by atoms with E-state index >= 15 is 0 Å². The standard InChI is InChI=1S/C14H29N3O2/c15-7-4-2-1-3-6-14(18)16-8-5-9-17-10-12-19-13-11-17/h1-13,15H2,(H,16,18). The molecule has 0 aromatic heterocycles. The molecule has 3 N–H and O–H groups in total. The molecule has 0 aliphatic carbocycles. The summed E-state index contributed by atoms with van der Waals surface area (Å²) in [5, 5.41) is 2.99. The summed E-state index contributed by atoms with van der Waals surface area (Å²) < 4.78 is 5.30. The molecule has 0 bridgehead atoms. The van der Waals surface area contributed by atoms with E-state index in [-0.39, 0.29) is 5.91 Å². The van der Waals surface area contributed by atoms with Gasteiger partial charge in [0.25, 0.3) is 0 Å². The van der Waals surface area contributed by atoms with Crippen molar-refractivity contribution in [3.8, 4) is 0 Å². The van der Waals surface area contributed by atoms with Crippen molar-refractivity contribution >= 4 is 5.91 Å². The van der Waals surface area contributed by atoms with Crippen molar-refractivity contribution in [2.24, 2.45) is 5.73 Å². The van der Waals surface area contributed by atoms with Gasteiger partial charge in [0.05, 0.1) is 13.2 Å². The second-order valence-electron chi connectivity index (χ2n) is 5.11. The van der Waals surface area contributed by atoms with Crippen LogP contribution in [0.3, 0.4) is 0 Å². The van der Waals surface area contributed by atoms with E-state index in [1.807, 2.05) is 0 Å². The van der Waals surface area contributed by atoms with Crippen LogP contribution >= 0.6 is 0 Å². The van der Waals surface area contributed by atoms with Gasteiger partial charge in [-0.25, -0.2) is 0 Å². The molecule has 0 radical (unpaired) electrons. The monoisotopic (exact) mass is 271 g/mol. The highest BCUT2D eigenvalue weighted by Crippen LogP contribution is 2.02. The molecule has 5 nitrogen and oxygen atoms in total. The van der Waals surface area contributed by atoms with Gasteiger partial charge in [0.15, 0.2) is 0 Å². The fraction of sp³-hybridized carbons (Fsp3) is 0.929. The van der Waals surface area contributed by atoms with Crippen LogP contribution in [0.15, 0.2) is 0 Å². The Balaban J connectivity index is 1.86. The molecule has 1 amide bonds. The Morgan fingerprint density at radius 2 is 1.84 bits per heavy atom. The highest BCUT2D eigenvalue weighted by molar-refractivity contribution is 5.75. The molecule has 1 heterocycles. The van der Waals surface area contributed by atoms with E-state index < -0.39 is 0 Å². The average Bonchev–Trinajstić information content (AvgIpc) is 2.44. The van der Waals surface area contributed by atoms with Gasteiger partial charge < -0.3 is 15.8 Å². The number of nitrogens with two attached hydrogens (primary N) is 1. The molecule has 0 saturated carbocycles. The molecular weight excluding hydrogens is 242 g/mol. The fourth-order valence-corrected chi connectivity index (χ4v) is 2.23. The van der Waals surface area contributed by atoms with Gasteiger partial charge >= 0.3 is 0 Å². The number of rotatable bonds is 10. The topological polar surface area (TPSA) is 67.6 Å². The molecule has 0 atom stereocenters. The average molecular weight is 271 g/mol. The SMILES string of the molecule is NCCCCCCC(=O)NCCCN1CCOCC1. The summed E-state index contributed by atoms with van der Waals surface area (Å²) in [6, 6.07) is 0. The van der Waals surface area contributed by atoms with Gasteiger partial charge in [0.1, 0.15) is 0 Å². The zero-order valence-electron chi connectivity index (χ0n) is 12.0. The number of hydrogen-bond acceptors (Lipinski definition) is 4. The summed E-state index contributed by atoms with van der Waals surface area (Å²) in [5.74, 6) is 0.190. The molecular formula is C14H29N3O2. The first-order chi connectivity index (χ1) is 9.33. The Morgan fingerprint density at radius 3 is 2.58 bits per heavy atom. The lowest BCUT2D eigenvalue weighted by Gasteiger charge is -2.26. The zero-order chi connectivity index (χ0) is 13.8. The van der Waals surface area contributed by atoms with Crippen molar-refractivity contribution in [1.82, 2.24) is 10.2 Å². The van der Waals surface area contributed by atoms with Crippen LogP contribution in [0.1, 0.15) is 38.5 Å². The summed E-state index contributed by atoms with van der Waals surface area (Å²) >= 11 is 0. The number of unbranched alkanes of at least 4 members (excludes halogenated alkanes) is 3. The van der Waals surface area contributed by atoms with E-state index in [4.69, 9.17) is 10.5 Å². The first-order valence-electron chi connectivity index (χ1n) is 7.60. The van der Waals surface area contributed by atoms with Crippen LogP contribution < -0.4 is 11.1 Å². The normalized spacial score (nSPS) is 16.5. The zero-order valence-corrected chi connectivity index (χ0v) is 12.0. The maximum absolute atomic E-state index is 11.6. The Morgan fingerprint density at radius 1 is 1.11 bits per heavy atom. The third-order valence-corrected chi connectivity index (χ3v) is 3.43. The molecule has 19 heavy (non-hydrogen) atoms. The van der Waals surface area contributed by atoms with Crippen LogP contribution in [-0.4, -0.2) is 56.7 Å². The summed E-state index contributed by atoms with van der Waals surface area (Å²) in [4.78, 5) is 13.9. The lowest BCUT2D eigenvalue weighted by Crippen LogP contribution is -2.38. The van der Waals surface area contributed by atoms with Gasteiger partial charge in [0, 0.05) is 26.1 Å². The van der Waals surface area contributed by atoms with Crippen LogP contribution in [-0.2, 0) is 9.53 Å². The number of ether oxygens (including phenoxy) is 1. The summed E-state index contributed by atoms with van der Waals surface area (Å²) in [7, 11) is 0. The van der Waals surface area contributed by atoms with Crippen molar-refractivity contribution < 1.29 is 9.53 Å². The van der Waals surface area contributed by atoms with Crippen LogP contribution in [0, 0.1) is 0 Å². The number of nitrogens with zero attached hydrogens (tertiary/aromatic N) is 1. The summed E-state index contributed by atoms with van der Waals surface area (Å²) in [6.07, 6.45) is 5.98. The van der Waals surface area contributed by atoms with Crippen molar-refractivity contribution in [1.29, 1.82) is 0 Å². The maximum atomic E-state index is 11.6. The van der Waals surface area contributed by atoms with Crippen molar-refractivity contribution in [2.45, 2.75) is 38.5 Å². The Labute approximate surface area is 116 Å².